The summed E-state index contributed by atoms with van der Waals surface area (Å²) in [5.41, 5.74) is 2.27. The van der Waals surface area contributed by atoms with E-state index in [2.05, 4.69) is 10.0 Å². The van der Waals surface area contributed by atoms with Crippen molar-refractivity contribution in [3.8, 4) is 11.5 Å². The van der Waals surface area contributed by atoms with Gasteiger partial charge in [0.05, 0.1) is 4.90 Å². The highest BCUT2D eigenvalue weighted by atomic mass is 32.2. The molecule has 0 atom stereocenters. The van der Waals surface area contributed by atoms with Crippen molar-refractivity contribution in [3.63, 3.8) is 0 Å². The van der Waals surface area contributed by atoms with Crippen molar-refractivity contribution in [2.75, 3.05) is 18.5 Å². The van der Waals surface area contributed by atoms with E-state index in [9.17, 15) is 18.0 Å². The number of sulfonamides is 1. The van der Waals surface area contributed by atoms with E-state index in [1.54, 1.807) is 37.3 Å². The van der Waals surface area contributed by atoms with Crippen LogP contribution in [0.25, 0.3) is 0 Å². The van der Waals surface area contributed by atoms with E-state index in [-0.39, 0.29) is 4.90 Å². The van der Waals surface area contributed by atoms with Crippen LogP contribution in [-0.2, 0) is 24.3 Å². The number of rotatable bonds is 9. The van der Waals surface area contributed by atoms with Gasteiger partial charge in [0, 0.05) is 5.69 Å². The molecule has 0 radical (unpaired) electrons. The van der Waals surface area contributed by atoms with Gasteiger partial charge in [-0.2, -0.15) is 4.72 Å². The molecule has 9 heteroatoms. The Labute approximate surface area is 192 Å². The third kappa shape index (κ3) is 7.16. The fourth-order valence-corrected chi connectivity index (χ4v) is 3.80. The van der Waals surface area contributed by atoms with Gasteiger partial charge in [0.15, 0.2) is 6.61 Å². The maximum absolute atomic E-state index is 12.3. The van der Waals surface area contributed by atoms with Crippen molar-refractivity contribution in [2.45, 2.75) is 18.7 Å². The highest BCUT2D eigenvalue weighted by Crippen LogP contribution is 2.22. The average molecular weight is 469 g/mol. The van der Waals surface area contributed by atoms with Crippen LogP contribution in [0.1, 0.15) is 11.1 Å². The van der Waals surface area contributed by atoms with Gasteiger partial charge in [0.1, 0.15) is 18.0 Å². The number of hydrogen-bond donors (Lipinski definition) is 2. The molecule has 0 spiro atoms. The predicted octanol–water partition coefficient (Wildman–Crippen LogP) is 3.56. The molecule has 172 valence electrons. The summed E-state index contributed by atoms with van der Waals surface area (Å²) < 4.78 is 37.3. The Kier molecular flexibility index (Phi) is 7.81. The Morgan fingerprint density at radius 1 is 0.848 bits per heavy atom. The lowest BCUT2D eigenvalue weighted by Crippen LogP contribution is -2.32. The number of carbonyl (C=O) groups excluding carboxylic acids is 2. The van der Waals surface area contributed by atoms with Gasteiger partial charge in [-0.1, -0.05) is 24.3 Å². The number of ether oxygens (including phenoxy) is 2. The summed E-state index contributed by atoms with van der Waals surface area (Å²) in [5, 5.41) is 2.59. The third-order valence-corrected chi connectivity index (χ3v) is 6.08. The SMILES string of the molecule is Cc1ccc(S(=O)(=O)NCC(=O)OCC(=O)Nc2ccc(Oc3ccccc3)cc2)cc1C. The minimum absolute atomic E-state index is 0.0517. The van der Waals surface area contributed by atoms with Crippen LogP contribution < -0.4 is 14.8 Å². The van der Waals surface area contributed by atoms with Crippen LogP contribution in [0.4, 0.5) is 5.69 Å². The summed E-state index contributed by atoms with van der Waals surface area (Å²) in [7, 11) is -3.87. The van der Waals surface area contributed by atoms with Crippen molar-refractivity contribution in [3.05, 3.63) is 83.9 Å². The topological polar surface area (TPSA) is 111 Å². The number of amides is 1. The minimum atomic E-state index is -3.87. The van der Waals surface area contributed by atoms with Gasteiger partial charge >= 0.3 is 5.97 Å². The van der Waals surface area contributed by atoms with E-state index in [1.165, 1.54) is 12.1 Å². The van der Waals surface area contributed by atoms with Crippen LogP contribution >= 0.6 is 0 Å². The van der Waals surface area contributed by atoms with E-state index in [1.807, 2.05) is 37.3 Å². The van der Waals surface area contributed by atoms with E-state index >= 15 is 0 Å². The summed E-state index contributed by atoms with van der Waals surface area (Å²) in [6.07, 6.45) is 0. The molecular weight excluding hydrogens is 444 g/mol. The quantitative estimate of drug-likeness (QED) is 0.465. The van der Waals surface area contributed by atoms with Gasteiger partial charge in [-0.3, -0.25) is 9.59 Å². The number of benzene rings is 3. The third-order valence-electron chi connectivity index (χ3n) is 4.68. The standard InChI is InChI=1S/C24H24N2O6S/c1-17-8-13-22(14-18(17)2)33(29,30)25-15-24(28)31-16-23(27)26-19-9-11-21(12-10-19)32-20-6-4-3-5-7-20/h3-14,25H,15-16H2,1-2H3,(H,26,27). The van der Waals surface area contributed by atoms with Crippen molar-refractivity contribution in [2.24, 2.45) is 0 Å². The molecule has 0 aliphatic carbocycles. The van der Waals surface area contributed by atoms with E-state index in [4.69, 9.17) is 9.47 Å². The molecule has 0 saturated heterocycles. The van der Waals surface area contributed by atoms with E-state index in [0.29, 0.717) is 17.2 Å². The van der Waals surface area contributed by atoms with Crippen LogP contribution in [0.2, 0.25) is 0 Å². The number of hydrogen-bond acceptors (Lipinski definition) is 6. The van der Waals surface area contributed by atoms with Gasteiger partial charge in [0.25, 0.3) is 5.91 Å². The molecule has 8 nitrogen and oxygen atoms in total. The van der Waals surface area contributed by atoms with Crippen LogP contribution in [0.15, 0.2) is 77.7 Å². The van der Waals surface area contributed by atoms with Crippen molar-refractivity contribution >= 4 is 27.6 Å². The molecule has 2 N–H and O–H groups in total. The number of carbonyl (C=O) groups is 2. The van der Waals surface area contributed by atoms with Crippen molar-refractivity contribution in [1.29, 1.82) is 0 Å². The van der Waals surface area contributed by atoms with Crippen LogP contribution in [0, 0.1) is 13.8 Å². The van der Waals surface area contributed by atoms with Gasteiger partial charge < -0.3 is 14.8 Å². The highest BCUT2D eigenvalue weighted by Gasteiger charge is 2.17. The fraction of sp³-hybridized carbons (Fsp3) is 0.167. The Hall–Kier alpha value is -3.69. The monoisotopic (exact) mass is 468 g/mol. The first kappa shape index (κ1) is 24.0. The molecule has 0 bridgehead atoms. The first-order valence-corrected chi connectivity index (χ1v) is 11.6. The fourth-order valence-electron chi connectivity index (χ4n) is 2.74. The molecule has 0 aromatic heterocycles. The van der Waals surface area contributed by atoms with Crippen LogP contribution in [0.5, 0.6) is 11.5 Å². The molecule has 3 rings (SSSR count). The lowest BCUT2D eigenvalue weighted by Gasteiger charge is -2.10. The van der Waals surface area contributed by atoms with E-state index in [0.717, 1.165) is 11.1 Å². The molecule has 33 heavy (non-hydrogen) atoms. The van der Waals surface area contributed by atoms with Crippen molar-refractivity contribution < 1.29 is 27.5 Å². The summed E-state index contributed by atoms with van der Waals surface area (Å²) in [6, 6.07) is 20.6. The second kappa shape index (κ2) is 10.8. The number of para-hydroxylation sites is 1. The predicted molar refractivity (Wildman–Crippen MR) is 124 cm³/mol. The van der Waals surface area contributed by atoms with E-state index < -0.39 is 35.1 Å². The number of anilines is 1. The molecular formula is C24H24N2O6S. The first-order valence-electron chi connectivity index (χ1n) is 10.1. The van der Waals surface area contributed by atoms with Gasteiger partial charge in [-0.05, 0) is 73.5 Å². The van der Waals surface area contributed by atoms with Gasteiger partial charge in [-0.25, -0.2) is 8.42 Å². The second-order valence-electron chi connectivity index (χ2n) is 7.22. The smallest absolute Gasteiger partial charge is 0.321 e. The highest BCUT2D eigenvalue weighted by molar-refractivity contribution is 7.89. The van der Waals surface area contributed by atoms with Crippen molar-refractivity contribution in [1.82, 2.24) is 4.72 Å². The average Bonchev–Trinajstić information content (AvgIpc) is 2.80. The maximum Gasteiger partial charge on any atom is 0.321 e. The molecule has 1 amide bonds. The molecule has 0 fully saturated rings. The van der Waals surface area contributed by atoms with Crippen LogP contribution in [-0.4, -0.2) is 33.4 Å². The Balaban J connectivity index is 1.43. The molecule has 3 aromatic carbocycles. The number of nitrogens with one attached hydrogen (secondary N) is 2. The zero-order chi connectivity index (χ0) is 23.8. The Morgan fingerprint density at radius 2 is 1.52 bits per heavy atom. The normalized spacial score (nSPS) is 11.0. The first-order chi connectivity index (χ1) is 15.7. The summed E-state index contributed by atoms with van der Waals surface area (Å²) >= 11 is 0. The minimum Gasteiger partial charge on any atom is -0.457 e. The molecule has 0 unspecified atom stereocenters. The summed E-state index contributed by atoms with van der Waals surface area (Å²) in [6.45, 7) is 2.53. The summed E-state index contributed by atoms with van der Waals surface area (Å²) in [4.78, 5) is 23.9. The zero-order valence-electron chi connectivity index (χ0n) is 18.2. The molecule has 0 aliphatic heterocycles. The molecule has 3 aromatic rings. The zero-order valence-corrected chi connectivity index (χ0v) is 19.0. The lowest BCUT2D eigenvalue weighted by atomic mass is 10.1. The van der Waals surface area contributed by atoms with Crippen LogP contribution in [0.3, 0.4) is 0 Å². The number of esters is 1. The molecule has 0 heterocycles. The molecule has 0 aliphatic rings. The van der Waals surface area contributed by atoms with Gasteiger partial charge in [0.2, 0.25) is 10.0 Å². The lowest BCUT2D eigenvalue weighted by molar-refractivity contribution is -0.146. The largest absolute Gasteiger partial charge is 0.457 e. The maximum atomic E-state index is 12.3. The number of aryl methyl sites for hydroxylation is 2. The molecule has 0 saturated carbocycles. The summed E-state index contributed by atoms with van der Waals surface area (Å²) in [5.74, 6) is -0.141. The Bertz CT molecular complexity index is 1230. The second-order valence-corrected chi connectivity index (χ2v) is 8.99. The van der Waals surface area contributed by atoms with Gasteiger partial charge in [-0.15, -0.1) is 0 Å². The Morgan fingerprint density at radius 3 is 2.18 bits per heavy atom.